The summed E-state index contributed by atoms with van der Waals surface area (Å²) in [4.78, 5) is 18.6. The van der Waals surface area contributed by atoms with E-state index in [0.29, 0.717) is 31.5 Å². The van der Waals surface area contributed by atoms with Gasteiger partial charge in [-0.1, -0.05) is 38.1 Å². The van der Waals surface area contributed by atoms with Crippen LogP contribution in [0.5, 0.6) is 0 Å². The summed E-state index contributed by atoms with van der Waals surface area (Å²) >= 11 is 0. The summed E-state index contributed by atoms with van der Waals surface area (Å²) in [5.74, 6) is 0.555. The van der Waals surface area contributed by atoms with Crippen LogP contribution >= 0.6 is 0 Å². The SMILES string of the molecule is CC(C)[C@H](CNC(=O)CCn1cncn1)N1CCc2ccccc2C1. The van der Waals surface area contributed by atoms with Gasteiger partial charge in [-0.2, -0.15) is 5.10 Å². The van der Waals surface area contributed by atoms with Crippen molar-refractivity contribution in [3.63, 3.8) is 0 Å². The second-order valence-electron chi connectivity index (χ2n) is 7.01. The highest BCUT2D eigenvalue weighted by atomic mass is 16.1. The number of nitrogens with one attached hydrogen (secondary N) is 1. The van der Waals surface area contributed by atoms with Gasteiger partial charge in [0.1, 0.15) is 12.7 Å². The molecule has 2 heterocycles. The second kappa shape index (κ2) is 8.25. The van der Waals surface area contributed by atoms with Gasteiger partial charge >= 0.3 is 0 Å². The lowest BCUT2D eigenvalue weighted by Crippen LogP contribution is -2.48. The number of nitrogens with zero attached hydrogens (tertiary/aromatic N) is 4. The summed E-state index contributed by atoms with van der Waals surface area (Å²) < 4.78 is 1.68. The molecule has 1 atom stereocenters. The Hall–Kier alpha value is -2.21. The Morgan fingerprint density at radius 3 is 2.80 bits per heavy atom. The molecule has 134 valence electrons. The number of amides is 1. The van der Waals surface area contributed by atoms with Crippen molar-refractivity contribution in [1.29, 1.82) is 0 Å². The van der Waals surface area contributed by atoms with E-state index in [2.05, 4.69) is 58.4 Å². The van der Waals surface area contributed by atoms with Gasteiger partial charge < -0.3 is 5.32 Å². The molecule has 0 aliphatic carbocycles. The highest BCUT2D eigenvalue weighted by molar-refractivity contribution is 5.75. The minimum atomic E-state index is 0.0681. The van der Waals surface area contributed by atoms with Crippen LogP contribution in [0.4, 0.5) is 0 Å². The number of hydrogen-bond donors (Lipinski definition) is 1. The van der Waals surface area contributed by atoms with Crippen molar-refractivity contribution in [3.05, 3.63) is 48.0 Å². The van der Waals surface area contributed by atoms with Crippen LogP contribution in [0, 0.1) is 5.92 Å². The standard InChI is InChI=1S/C19H27N5O/c1-15(2)18(11-21-19(25)8-10-24-14-20-13-22-24)23-9-7-16-5-3-4-6-17(16)12-23/h3-6,13-15,18H,7-12H2,1-2H3,(H,21,25)/t18-/m0/s1. The van der Waals surface area contributed by atoms with Crippen LogP contribution in [0.25, 0.3) is 0 Å². The van der Waals surface area contributed by atoms with Crippen LogP contribution in [0.15, 0.2) is 36.9 Å². The molecule has 1 aliphatic heterocycles. The zero-order chi connectivity index (χ0) is 17.6. The van der Waals surface area contributed by atoms with E-state index in [1.807, 2.05) is 0 Å². The molecule has 1 amide bonds. The molecule has 2 aromatic rings. The van der Waals surface area contributed by atoms with E-state index in [0.717, 1.165) is 19.5 Å². The lowest BCUT2D eigenvalue weighted by atomic mass is 9.95. The van der Waals surface area contributed by atoms with Crippen LogP contribution in [-0.4, -0.2) is 44.7 Å². The van der Waals surface area contributed by atoms with E-state index in [9.17, 15) is 4.79 Å². The molecule has 0 saturated carbocycles. The summed E-state index contributed by atoms with van der Waals surface area (Å²) in [7, 11) is 0. The maximum atomic E-state index is 12.2. The molecule has 1 aromatic carbocycles. The van der Waals surface area contributed by atoms with Crippen LogP contribution < -0.4 is 5.32 Å². The van der Waals surface area contributed by atoms with Gasteiger partial charge in [-0.25, -0.2) is 4.98 Å². The maximum Gasteiger partial charge on any atom is 0.221 e. The molecule has 1 aliphatic rings. The molecular weight excluding hydrogens is 314 g/mol. The number of fused-ring (bicyclic) bond motifs is 1. The number of carbonyl (C=O) groups is 1. The van der Waals surface area contributed by atoms with Crippen molar-refractivity contribution in [2.45, 2.75) is 45.8 Å². The smallest absolute Gasteiger partial charge is 0.221 e. The van der Waals surface area contributed by atoms with Crippen LogP contribution in [0.2, 0.25) is 0 Å². The van der Waals surface area contributed by atoms with Crippen LogP contribution in [0.1, 0.15) is 31.4 Å². The van der Waals surface area contributed by atoms with Gasteiger partial charge in [0.15, 0.2) is 0 Å². The molecule has 0 bridgehead atoms. The first-order chi connectivity index (χ1) is 12.1. The molecule has 6 heteroatoms. The van der Waals surface area contributed by atoms with E-state index >= 15 is 0 Å². The fourth-order valence-electron chi connectivity index (χ4n) is 3.46. The molecule has 1 aromatic heterocycles. The van der Waals surface area contributed by atoms with E-state index in [4.69, 9.17) is 0 Å². The molecule has 6 nitrogen and oxygen atoms in total. The van der Waals surface area contributed by atoms with Crippen molar-refractivity contribution >= 4 is 5.91 Å². The third kappa shape index (κ3) is 4.66. The fourth-order valence-corrected chi connectivity index (χ4v) is 3.46. The topological polar surface area (TPSA) is 63.1 Å². The summed E-state index contributed by atoms with van der Waals surface area (Å²) in [6.07, 6.45) is 4.63. The van der Waals surface area contributed by atoms with Crippen molar-refractivity contribution < 1.29 is 4.79 Å². The highest BCUT2D eigenvalue weighted by Gasteiger charge is 2.25. The van der Waals surface area contributed by atoms with Crippen molar-refractivity contribution in [3.8, 4) is 0 Å². The molecule has 1 N–H and O–H groups in total. The molecule has 0 unspecified atom stereocenters. The van der Waals surface area contributed by atoms with Crippen molar-refractivity contribution in [1.82, 2.24) is 25.0 Å². The van der Waals surface area contributed by atoms with E-state index < -0.39 is 0 Å². The lowest BCUT2D eigenvalue weighted by molar-refractivity contribution is -0.121. The second-order valence-corrected chi connectivity index (χ2v) is 7.01. The van der Waals surface area contributed by atoms with Gasteiger partial charge in [0.2, 0.25) is 5.91 Å². The molecule has 3 rings (SSSR count). The monoisotopic (exact) mass is 341 g/mol. The first kappa shape index (κ1) is 17.6. The molecule has 0 saturated heterocycles. The van der Waals surface area contributed by atoms with E-state index in [1.165, 1.54) is 17.5 Å². The summed E-state index contributed by atoms with van der Waals surface area (Å²) in [6, 6.07) is 9.02. The number of aromatic nitrogens is 3. The Morgan fingerprint density at radius 1 is 1.28 bits per heavy atom. The van der Waals surface area contributed by atoms with Crippen molar-refractivity contribution in [2.75, 3.05) is 13.1 Å². The van der Waals surface area contributed by atoms with Crippen molar-refractivity contribution in [2.24, 2.45) is 5.92 Å². The number of aryl methyl sites for hydroxylation is 1. The van der Waals surface area contributed by atoms with Crippen LogP contribution in [-0.2, 0) is 24.3 Å². The first-order valence-electron chi connectivity index (χ1n) is 9.03. The van der Waals surface area contributed by atoms with Gasteiger partial charge in [0, 0.05) is 32.1 Å². The molecule has 0 radical (unpaired) electrons. The van der Waals surface area contributed by atoms with E-state index in [-0.39, 0.29) is 5.91 Å². The average Bonchev–Trinajstić information content (AvgIpc) is 3.13. The molecular formula is C19H27N5O. The number of carbonyl (C=O) groups excluding carboxylic acids is 1. The Balaban J connectivity index is 1.52. The number of benzene rings is 1. The average molecular weight is 341 g/mol. The lowest BCUT2D eigenvalue weighted by Gasteiger charge is -2.38. The summed E-state index contributed by atoms with van der Waals surface area (Å²) in [5, 5.41) is 7.13. The zero-order valence-electron chi connectivity index (χ0n) is 15.1. The Kier molecular flexibility index (Phi) is 5.81. The van der Waals surface area contributed by atoms with Gasteiger partial charge in [-0.3, -0.25) is 14.4 Å². The first-order valence-corrected chi connectivity index (χ1v) is 9.03. The Morgan fingerprint density at radius 2 is 2.08 bits per heavy atom. The Bertz CT molecular complexity index is 683. The third-order valence-electron chi connectivity index (χ3n) is 4.94. The predicted molar refractivity (Wildman–Crippen MR) is 96.8 cm³/mol. The minimum absolute atomic E-state index is 0.0681. The van der Waals surface area contributed by atoms with Gasteiger partial charge in [0.25, 0.3) is 0 Å². The largest absolute Gasteiger partial charge is 0.354 e. The minimum Gasteiger partial charge on any atom is -0.354 e. The quantitative estimate of drug-likeness (QED) is 0.835. The number of hydrogen-bond acceptors (Lipinski definition) is 4. The predicted octanol–water partition coefficient (Wildman–Crippen LogP) is 1.87. The Labute approximate surface area is 149 Å². The van der Waals surface area contributed by atoms with Crippen LogP contribution in [0.3, 0.4) is 0 Å². The molecule has 25 heavy (non-hydrogen) atoms. The third-order valence-corrected chi connectivity index (χ3v) is 4.94. The fraction of sp³-hybridized carbons (Fsp3) is 0.526. The highest BCUT2D eigenvalue weighted by Crippen LogP contribution is 2.22. The van der Waals surface area contributed by atoms with Gasteiger partial charge in [0.05, 0.1) is 6.54 Å². The normalized spacial score (nSPS) is 15.8. The van der Waals surface area contributed by atoms with Gasteiger partial charge in [-0.15, -0.1) is 0 Å². The molecule has 0 spiro atoms. The van der Waals surface area contributed by atoms with E-state index in [1.54, 1.807) is 11.0 Å². The summed E-state index contributed by atoms with van der Waals surface area (Å²) in [5.41, 5.74) is 2.87. The molecule has 0 fully saturated rings. The number of rotatable bonds is 7. The maximum absolute atomic E-state index is 12.2. The summed E-state index contributed by atoms with van der Waals surface area (Å²) in [6.45, 7) is 7.73. The van der Waals surface area contributed by atoms with Gasteiger partial charge in [-0.05, 0) is 23.5 Å². The zero-order valence-corrected chi connectivity index (χ0v) is 15.1.